The van der Waals surface area contributed by atoms with Crippen molar-refractivity contribution in [3.8, 4) is 23.0 Å². The fraction of sp³-hybridized carbons (Fsp3) is 0.433. The Morgan fingerprint density at radius 1 is 0.946 bits per heavy atom. The van der Waals surface area contributed by atoms with Crippen LogP contribution in [0, 0.1) is 11.8 Å². The molecule has 0 spiro atoms. The molecular formula is C30H39NO6. The van der Waals surface area contributed by atoms with E-state index in [1.165, 1.54) is 7.11 Å². The van der Waals surface area contributed by atoms with Crippen LogP contribution in [0.3, 0.4) is 0 Å². The fourth-order valence-corrected chi connectivity index (χ4v) is 4.79. The number of aryl methyl sites for hydroxylation is 1. The lowest BCUT2D eigenvalue weighted by Crippen LogP contribution is -2.28. The van der Waals surface area contributed by atoms with E-state index in [0.29, 0.717) is 36.7 Å². The van der Waals surface area contributed by atoms with E-state index in [1.54, 1.807) is 31.4 Å². The highest BCUT2D eigenvalue weighted by atomic mass is 16.5. The van der Waals surface area contributed by atoms with Crippen LogP contribution < -0.4 is 9.47 Å². The molecule has 4 N–H and O–H groups in total. The van der Waals surface area contributed by atoms with E-state index in [1.807, 2.05) is 24.5 Å². The number of phenols is 2. The van der Waals surface area contributed by atoms with Crippen molar-refractivity contribution in [1.29, 1.82) is 0 Å². The lowest BCUT2D eigenvalue weighted by atomic mass is 9.83. The Morgan fingerprint density at radius 2 is 1.70 bits per heavy atom. The number of aliphatic hydroxyl groups is 1. The van der Waals surface area contributed by atoms with Crippen LogP contribution in [-0.4, -0.2) is 46.4 Å². The van der Waals surface area contributed by atoms with Gasteiger partial charge in [-0.3, -0.25) is 4.79 Å². The minimum absolute atomic E-state index is 0.0238. The van der Waals surface area contributed by atoms with Crippen molar-refractivity contribution in [3.05, 3.63) is 71.0 Å². The van der Waals surface area contributed by atoms with E-state index >= 15 is 0 Å². The van der Waals surface area contributed by atoms with E-state index < -0.39 is 6.10 Å². The van der Waals surface area contributed by atoms with E-state index in [0.717, 1.165) is 28.7 Å². The van der Waals surface area contributed by atoms with Crippen LogP contribution in [0.1, 0.15) is 48.9 Å². The summed E-state index contributed by atoms with van der Waals surface area (Å²) < 4.78 is 10.7. The van der Waals surface area contributed by atoms with Crippen molar-refractivity contribution in [3.63, 3.8) is 0 Å². The van der Waals surface area contributed by atoms with Gasteiger partial charge < -0.3 is 29.8 Å². The monoisotopic (exact) mass is 509 g/mol. The van der Waals surface area contributed by atoms with Gasteiger partial charge in [0.05, 0.1) is 20.3 Å². The van der Waals surface area contributed by atoms with Crippen LogP contribution in [0.5, 0.6) is 23.0 Å². The number of aromatic hydroxyl groups is 2. The Hall–Kier alpha value is -3.45. The maximum Gasteiger partial charge on any atom is 0.163 e. The second-order valence-corrected chi connectivity index (χ2v) is 10.1. The van der Waals surface area contributed by atoms with Crippen molar-refractivity contribution in [2.75, 3.05) is 14.2 Å². The number of rotatable bonds is 14. The summed E-state index contributed by atoms with van der Waals surface area (Å²) in [5.41, 5.74) is 3.89. The molecule has 2 aromatic carbocycles. The molecule has 2 atom stereocenters. The van der Waals surface area contributed by atoms with Gasteiger partial charge in [0.2, 0.25) is 0 Å². The lowest BCUT2D eigenvalue weighted by molar-refractivity contribution is -0.121. The molecular weight excluding hydrogens is 470 g/mol. The van der Waals surface area contributed by atoms with Gasteiger partial charge in [-0.2, -0.15) is 0 Å². The van der Waals surface area contributed by atoms with Crippen LogP contribution in [0.4, 0.5) is 0 Å². The molecule has 7 nitrogen and oxygen atoms in total. The Kier molecular flexibility index (Phi) is 10.0. The summed E-state index contributed by atoms with van der Waals surface area (Å²) in [6, 6.07) is 10.6. The average Bonchev–Trinajstić information content (AvgIpc) is 3.37. The van der Waals surface area contributed by atoms with Gasteiger partial charge >= 0.3 is 0 Å². The van der Waals surface area contributed by atoms with E-state index in [9.17, 15) is 20.1 Å². The topological polar surface area (TPSA) is 112 Å². The van der Waals surface area contributed by atoms with Crippen molar-refractivity contribution in [1.82, 2.24) is 4.98 Å². The van der Waals surface area contributed by atoms with Crippen LogP contribution >= 0.6 is 0 Å². The Bertz CT molecular complexity index is 1160. The Labute approximate surface area is 219 Å². The highest BCUT2D eigenvalue weighted by Gasteiger charge is 2.26. The predicted molar refractivity (Wildman–Crippen MR) is 144 cm³/mol. The number of nitrogens with one attached hydrogen (secondary N) is 1. The summed E-state index contributed by atoms with van der Waals surface area (Å²) >= 11 is 0. The number of phenolic OH excluding ortho intramolecular Hbond substituents is 2. The second kappa shape index (κ2) is 13.2. The lowest BCUT2D eigenvalue weighted by Gasteiger charge is -2.25. The third-order valence-electron chi connectivity index (χ3n) is 6.71. The van der Waals surface area contributed by atoms with Gasteiger partial charge in [-0.05, 0) is 78.5 Å². The summed E-state index contributed by atoms with van der Waals surface area (Å²) in [7, 11) is 3.04. The van der Waals surface area contributed by atoms with Crippen LogP contribution in [0.15, 0.2) is 48.8 Å². The van der Waals surface area contributed by atoms with Gasteiger partial charge in [0.15, 0.2) is 23.0 Å². The van der Waals surface area contributed by atoms with Gasteiger partial charge in [-0.15, -0.1) is 0 Å². The van der Waals surface area contributed by atoms with Crippen molar-refractivity contribution >= 4 is 5.78 Å². The fourth-order valence-electron chi connectivity index (χ4n) is 4.79. The van der Waals surface area contributed by atoms with E-state index in [-0.39, 0.29) is 36.0 Å². The van der Waals surface area contributed by atoms with Gasteiger partial charge in [-0.1, -0.05) is 26.0 Å². The quantitative estimate of drug-likeness (QED) is 0.243. The molecule has 1 aromatic heterocycles. The van der Waals surface area contributed by atoms with E-state index in [2.05, 4.69) is 18.8 Å². The zero-order valence-corrected chi connectivity index (χ0v) is 22.2. The molecule has 0 aliphatic carbocycles. The number of ether oxygens (including phenoxy) is 2. The Balaban J connectivity index is 1.76. The SMILES string of the molecule is COc1cc(CCC(=O)CC(O)C(Cc2cc[nH]c2)Cc2ccc(O)c(OC)c2CC(C)C)ccc1O. The van der Waals surface area contributed by atoms with E-state index in [4.69, 9.17) is 9.47 Å². The molecule has 37 heavy (non-hydrogen) atoms. The molecule has 2 unspecified atom stereocenters. The number of H-pyrrole nitrogens is 1. The summed E-state index contributed by atoms with van der Waals surface area (Å²) in [6.45, 7) is 4.23. The summed E-state index contributed by atoms with van der Waals surface area (Å²) in [4.78, 5) is 15.9. The number of carbonyl (C=O) groups is 1. The summed E-state index contributed by atoms with van der Waals surface area (Å²) in [5.74, 6) is 1.13. The zero-order valence-electron chi connectivity index (χ0n) is 22.2. The number of aliphatic hydroxyl groups excluding tert-OH is 1. The maximum absolute atomic E-state index is 12.9. The molecule has 1 heterocycles. The van der Waals surface area contributed by atoms with Crippen molar-refractivity contribution in [2.45, 2.75) is 58.5 Å². The molecule has 0 amide bonds. The first-order valence-corrected chi connectivity index (χ1v) is 12.8. The third kappa shape index (κ3) is 7.76. The molecule has 0 saturated heterocycles. The van der Waals surface area contributed by atoms with Crippen molar-refractivity contribution in [2.24, 2.45) is 11.8 Å². The molecule has 0 radical (unpaired) electrons. The first-order valence-electron chi connectivity index (χ1n) is 12.8. The largest absolute Gasteiger partial charge is 0.504 e. The first-order chi connectivity index (χ1) is 17.7. The standard InChI is InChI=1S/C30H39NO6/c1-19(2)13-25-22(7-10-27(34)30(25)37-4)16-23(14-21-11-12-31-18-21)28(35)17-24(32)8-5-20-6-9-26(33)29(15-20)36-3/h6-7,9-12,15,18-19,23,28,31,33-35H,5,8,13-14,16-17H2,1-4H3. The molecule has 200 valence electrons. The minimum Gasteiger partial charge on any atom is -0.504 e. The summed E-state index contributed by atoms with van der Waals surface area (Å²) in [5, 5.41) is 31.4. The van der Waals surface area contributed by atoms with Crippen LogP contribution in [-0.2, 0) is 30.5 Å². The second-order valence-electron chi connectivity index (χ2n) is 10.1. The van der Waals surface area contributed by atoms with Gasteiger partial charge in [-0.25, -0.2) is 0 Å². The number of aromatic amines is 1. The maximum atomic E-state index is 12.9. The molecule has 0 aliphatic rings. The number of hydrogen-bond acceptors (Lipinski definition) is 6. The molecule has 0 bridgehead atoms. The predicted octanol–water partition coefficient (Wildman–Crippen LogP) is 5.00. The van der Waals surface area contributed by atoms with Gasteiger partial charge in [0, 0.05) is 30.8 Å². The highest BCUT2D eigenvalue weighted by Crippen LogP contribution is 2.36. The van der Waals surface area contributed by atoms with Gasteiger partial charge in [0.25, 0.3) is 0 Å². The highest BCUT2D eigenvalue weighted by molar-refractivity contribution is 5.79. The van der Waals surface area contributed by atoms with Crippen molar-refractivity contribution < 1.29 is 29.6 Å². The molecule has 3 aromatic rings. The number of benzene rings is 2. The molecule has 0 aliphatic heterocycles. The first kappa shape index (κ1) is 28.1. The number of methoxy groups -OCH3 is 2. The Morgan fingerprint density at radius 3 is 2.35 bits per heavy atom. The summed E-state index contributed by atoms with van der Waals surface area (Å²) in [6.07, 6.45) is 5.66. The number of ketones is 1. The number of hydrogen-bond donors (Lipinski definition) is 4. The minimum atomic E-state index is -0.830. The number of carbonyl (C=O) groups excluding carboxylic acids is 1. The molecule has 3 rings (SSSR count). The van der Waals surface area contributed by atoms with Crippen LogP contribution in [0.2, 0.25) is 0 Å². The molecule has 0 fully saturated rings. The van der Waals surface area contributed by atoms with Crippen LogP contribution in [0.25, 0.3) is 0 Å². The van der Waals surface area contributed by atoms with Gasteiger partial charge in [0.1, 0.15) is 5.78 Å². The number of aromatic nitrogens is 1. The smallest absolute Gasteiger partial charge is 0.163 e. The third-order valence-corrected chi connectivity index (χ3v) is 6.71. The average molecular weight is 510 g/mol. The number of Topliss-reactive ketones (excluding diaryl/α,β-unsaturated/α-hetero) is 1. The zero-order chi connectivity index (χ0) is 26.9. The molecule has 7 heteroatoms. The normalized spacial score (nSPS) is 12.9. The molecule has 0 saturated carbocycles.